The summed E-state index contributed by atoms with van der Waals surface area (Å²) in [6.45, 7) is 2.75. The number of fused-ring (bicyclic) bond motifs is 1. The first-order chi connectivity index (χ1) is 7.31. The van der Waals surface area contributed by atoms with Crippen molar-refractivity contribution in [1.29, 1.82) is 0 Å². The molecule has 1 aromatic rings. The predicted octanol–water partition coefficient (Wildman–Crippen LogP) is 2.77. The number of carbonyl (C=O) groups is 1. The summed E-state index contributed by atoms with van der Waals surface area (Å²) in [6, 6.07) is 5.65. The first-order valence-electron chi connectivity index (χ1n) is 5.28. The first-order valence-corrected chi connectivity index (χ1v) is 5.28. The number of ketones is 1. The maximum absolute atomic E-state index is 11.7. The van der Waals surface area contributed by atoms with Gasteiger partial charge < -0.3 is 4.74 Å². The Morgan fingerprint density at radius 1 is 1.53 bits per heavy atom. The van der Waals surface area contributed by atoms with Crippen LogP contribution in [0.2, 0.25) is 0 Å². The minimum Gasteiger partial charge on any atom is -0.493 e. The smallest absolute Gasteiger partial charge is 0.185 e. The fraction of sp³-hybridized carbons (Fsp3) is 0.308. The van der Waals surface area contributed by atoms with Crippen LogP contribution in [0, 0.1) is 0 Å². The van der Waals surface area contributed by atoms with Crippen LogP contribution in [0.5, 0.6) is 5.75 Å². The van der Waals surface area contributed by atoms with Crippen molar-refractivity contribution in [3.63, 3.8) is 0 Å². The first kappa shape index (κ1) is 9.97. The van der Waals surface area contributed by atoms with Gasteiger partial charge in [-0.15, -0.1) is 0 Å². The van der Waals surface area contributed by atoms with E-state index in [1.54, 1.807) is 6.08 Å². The van der Waals surface area contributed by atoms with Crippen LogP contribution in [0.3, 0.4) is 0 Å². The molecule has 2 rings (SSSR count). The summed E-state index contributed by atoms with van der Waals surface area (Å²) < 4.78 is 5.38. The molecule has 0 fully saturated rings. The molecule has 0 saturated heterocycles. The highest BCUT2D eigenvalue weighted by Gasteiger charge is 2.13. The molecule has 0 bridgehead atoms. The van der Waals surface area contributed by atoms with E-state index in [4.69, 9.17) is 4.74 Å². The van der Waals surface area contributed by atoms with Crippen molar-refractivity contribution >= 4 is 5.78 Å². The molecule has 1 aromatic carbocycles. The van der Waals surface area contributed by atoms with Crippen LogP contribution >= 0.6 is 0 Å². The van der Waals surface area contributed by atoms with Crippen molar-refractivity contribution in [2.75, 3.05) is 6.61 Å². The molecule has 0 aliphatic carbocycles. The molecule has 1 aliphatic rings. The summed E-state index contributed by atoms with van der Waals surface area (Å²) >= 11 is 0. The number of ether oxygens (including phenoxy) is 1. The van der Waals surface area contributed by atoms with E-state index in [1.807, 2.05) is 31.2 Å². The van der Waals surface area contributed by atoms with Crippen LogP contribution in [-0.4, -0.2) is 12.4 Å². The monoisotopic (exact) mass is 202 g/mol. The summed E-state index contributed by atoms with van der Waals surface area (Å²) in [7, 11) is 0. The Hall–Kier alpha value is -1.57. The Morgan fingerprint density at radius 2 is 2.40 bits per heavy atom. The highest BCUT2D eigenvalue weighted by Crippen LogP contribution is 2.26. The zero-order chi connectivity index (χ0) is 10.7. The fourth-order valence-electron chi connectivity index (χ4n) is 1.66. The molecule has 2 nitrogen and oxygen atoms in total. The second kappa shape index (κ2) is 4.30. The zero-order valence-corrected chi connectivity index (χ0v) is 8.82. The lowest BCUT2D eigenvalue weighted by atomic mass is 10.1. The minimum absolute atomic E-state index is 0.0755. The Kier molecular flexibility index (Phi) is 2.86. The molecular weight excluding hydrogens is 188 g/mol. The lowest BCUT2D eigenvalue weighted by molar-refractivity contribution is 0.104. The SMILES string of the molecule is CC/C=C/C(=O)c1ccc2c(c1)CCO2. The van der Waals surface area contributed by atoms with Gasteiger partial charge >= 0.3 is 0 Å². The average Bonchev–Trinajstić information content (AvgIpc) is 2.72. The molecule has 2 heteroatoms. The van der Waals surface area contributed by atoms with Gasteiger partial charge in [0.25, 0.3) is 0 Å². The summed E-state index contributed by atoms with van der Waals surface area (Å²) in [5, 5.41) is 0. The Balaban J connectivity index is 2.23. The second-order valence-electron chi connectivity index (χ2n) is 3.60. The van der Waals surface area contributed by atoms with Crippen LogP contribution in [0.25, 0.3) is 0 Å². The number of hydrogen-bond acceptors (Lipinski definition) is 2. The molecule has 0 aromatic heterocycles. The second-order valence-corrected chi connectivity index (χ2v) is 3.60. The van der Waals surface area contributed by atoms with Gasteiger partial charge in [0.1, 0.15) is 5.75 Å². The van der Waals surface area contributed by atoms with Crippen LogP contribution in [0.1, 0.15) is 29.3 Å². The lowest BCUT2D eigenvalue weighted by Crippen LogP contribution is -1.94. The van der Waals surface area contributed by atoms with E-state index in [0.717, 1.165) is 36.3 Å². The number of rotatable bonds is 3. The zero-order valence-electron chi connectivity index (χ0n) is 8.82. The average molecular weight is 202 g/mol. The van der Waals surface area contributed by atoms with Gasteiger partial charge in [-0.3, -0.25) is 4.79 Å². The van der Waals surface area contributed by atoms with Crippen molar-refractivity contribution < 1.29 is 9.53 Å². The number of hydrogen-bond donors (Lipinski definition) is 0. The van der Waals surface area contributed by atoms with Crippen LogP contribution < -0.4 is 4.74 Å². The van der Waals surface area contributed by atoms with Crippen LogP contribution in [0.4, 0.5) is 0 Å². The van der Waals surface area contributed by atoms with Crippen LogP contribution in [-0.2, 0) is 6.42 Å². The van der Waals surface area contributed by atoms with E-state index in [0.29, 0.717) is 0 Å². The summed E-state index contributed by atoms with van der Waals surface area (Å²) in [5.74, 6) is 0.998. The third-order valence-electron chi connectivity index (χ3n) is 2.48. The highest BCUT2D eigenvalue weighted by molar-refractivity contribution is 6.04. The number of benzene rings is 1. The maximum atomic E-state index is 11.7. The van der Waals surface area contributed by atoms with Gasteiger partial charge in [-0.25, -0.2) is 0 Å². The van der Waals surface area contributed by atoms with Gasteiger partial charge in [0.2, 0.25) is 0 Å². The molecule has 0 saturated carbocycles. The number of allylic oxidation sites excluding steroid dienone is 2. The molecular formula is C13H14O2. The van der Waals surface area contributed by atoms with Gasteiger partial charge in [-0.05, 0) is 36.3 Å². The van der Waals surface area contributed by atoms with Crippen molar-refractivity contribution in [1.82, 2.24) is 0 Å². The molecule has 0 unspecified atom stereocenters. The molecule has 0 spiro atoms. The third kappa shape index (κ3) is 2.09. The van der Waals surface area contributed by atoms with Gasteiger partial charge in [0.05, 0.1) is 6.61 Å². The van der Waals surface area contributed by atoms with E-state index in [1.165, 1.54) is 0 Å². The standard InChI is InChI=1S/C13H14O2/c1-2-3-4-12(14)10-5-6-13-11(9-10)7-8-15-13/h3-6,9H,2,7-8H2,1H3/b4-3+. The Morgan fingerprint density at radius 3 is 3.20 bits per heavy atom. The van der Waals surface area contributed by atoms with E-state index in [-0.39, 0.29) is 5.78 Å². The van der Waals surface area contributed by atoms with Gasteiger partial charge in [0.15, 0.2) is 5.78 Å². The predicted molar refractivity (Wildman–Crippen MR) is 59.4 cm³/mol. The minimum atomic E-state index is 0.0755. The van der Waals surface area contributed by atoms with Crippen LogP contribution in [0.15, 0.2) is 30.4 Å². The topological polar surface area (TPSA) is 26.3 Å². The lowest BCUT2D eigenvalue weighted by Gasteiger charge is -2.00. The molecule has 78 valence electrons. The van der Waals surface area contributed by atoms with Crippen molar-refractivity contribution in [2.24, 2.45) is 0 Å². The molecule has 0 amide bonds. The van der Waals surface area contributed by atoms with Gasteiger partial charge in [0, 0.05) is 12.0 Å². The van der Waals surface area contributed by atoms with E-state index in [9.17, 15) is 4.79 Å². The summed E-state index contributed by atoms with van der Waals surface area (Å²) in [5.41, 5.74) is 1.90. The quantitative estimate of drug-likeness (QED) is 0.556. The molecule has 1 heterocycles. The summed E-state index contributed by atoms with van der Waals surface area (Å²) in [6.07, 6.45) is 5.32. The van der Waals surface area contributed by atoms with Gasteiger partial charge in [-0.2, -0.15) is 0 Å². The van der Waals surface area contributed by atoms with E-state index < -0.39 is 0 Å². The van der Waals surface area contributed by atoms with Gasteiger partial charge in [-0.1, -0.05) is 13.0 Å². The molecule has 0 radical (unpaired) electrons. The third-order valence-corrected chi connectivity index (χ3v) is 2.48. The maximum Gasteiger partial charge on any atom is 0.185 e. The van der Waals surface area contributed by atoms with Crippen molar-refractivity contribution in [3.8, 4) is 5.75 Å². The van der Waals surface area contributed by atoms with E-state index >= 15 is 0 Å². The normalized spacial score (nSPS) is 13.9. The van der Waals surface area contributed by atoms with E-state index in [2.05, 4.69) is 0 Å². The van der Waals surface area contributed by atoms with Crippen molar-refractivity contribution in [2.45, 2.75) is 19.8 Å². The Labute approximate surface area is 89.6 Å². The highest BCUT2D eigenvalue weighted by atomic mass is 16.5. The molecule has 0 N–H and O–H groups in total. The molecule has 0 atom stereocenters. The Bertz CT molecular complexity index is 405. The molecule has 1 aliphatic heterocycles. The molecule has 15 heavy (non-hydrogen) atoms. The summed E-state index contributed by atoms with van der Waals surface area (Å²) in [4.78, 5) is 11.7. The van der Waals surface area contributed by atoms with Crippen molar-refractivity contribution in [3.05, 3.63) is 41.5 Å². The number of carbonyl (C=O) groups excluding carboxylic acids is 1. The largest absolute Gasteiger partial charge is 0.493 e. The fourth-order valence-corrected chi connectivity index (χ4v) is 1.66.